The molecule has 1 aromatic rings. The van der Waals surface area contributed by atoms with Crippen LogP contribution in [0.3, 0.4) is 0 Å². The lowest BCUT2D eigenvalue weighted by atomic mass is 9.89. The van der Waals surface area contributed by atoms with E-state index in [1.807, 2.05) is 0 Å². The van der Waals surface area contributed by atoms with E-state index in [0.717, 1.165) is 0 Å². The predicted octanol–water partition coefficient (Wildman–Crippen LogP) is 1.72. The molecular weight excluding hydrogens is 336 g/mol. The Balaban J connectivity index is 1.64. The summed E-state index contributed by atoms with van der Waals surface area (Å²) < 4.78 is 45.6. The summed E-state index contributed by atoms with van der Waals surface area (Å²) in [6.45, 7) is 1.60. The van der Waals surface area contributed by atoms with Gasteiger partial charge in [0.2, 0.25) is 6.79 Å². The van der Waals surface area contributed by atoms with Gasteiger partial charge in [0.15, 0.2) is 17.5 Å². The van der Waals surface area contributed by atoms with Crippen LogP contribution in [0.4, 0.5) is 8.78 Å². The molecule has 1 fully saturated rings. The summed E-state index contributed by atoms with van der Waals surface area (Å²) in [6, 6.07) is 3.04. The van der Waals surface area contributed by atoms with Crippen LogP contribution in [0.25, 0.3) is 0 Å². The van der Waals surface area contributed by atoms with Gasteiger partial charge in [-0.05, 0) is 6.07 Å². The summed E-state index contributed by atoms with van der Waals surface area (Å²) in [5, 5.41) is 6.30. The highest BCUT2D eigenvalue weighted by molar-refractivity contribution is 5.79. The molecule has 0 saturated carbocycles. The molecule has 3 rings (SSSR count). The average molecular weight is 357 g/mol. The van der Waals surface area contributed by atoms with Gasteiger partial charge in [-0.2, -0.15) is 8.78 Å². The van der Waals surface area contributed by atoms with Gasteiger partial charge in [-0.1, -0.05) is 6.92 Å². The normalized spacial score (nSPS) is 18.0. The van der Waals surface area contributed by atoms with E-state index in [1.54, 1.807) is 13.1 Å². The fourth-order valence-corrected chi connectivity index (χ4v) is 2.56. The Morgan fingerprint density at radius 3 is 2.60 bits per heavy atom. The van der Waals surface area contributed by atoms with E-state index in [0.29, 0.717) is 42.8 Å². The highest BCUT2D eigenvalue weighted by Crippen LogP contribution is 2.38. The van der Waals surface area contributed by atoms with Gasteiger partial charge in [-0.25, -0.2) is 0 Å². The molecule has 25 heavy (non-hydrogen) atoms. The van der Waals surface area contributed by atoms with Crippen molar-refractivity contribution >= 4 is 5.96 Å². The first kappa shape index (κ1) is 17.5. The van der Waals surface area contributed by atoms with E-state index in [9.17, 15) is 8.78 Å². The topological polar surface area (TPSA) is 73.3 Å². The molecule has 0 aromatic heterocycles. The highest BCUT2D eigenvalue weighted by Gasteiger charge is 2.33. The molecule has 2 aliphatic rings. The number of aliphatic imine (C=N–C) groups is 1. The molecule has 0 atom stereocenters. The first-order chi connectivity index (χ1) is 12.0. The van der Waals surface area contributed by atoms with Crippen molar-refractivity contribution in [2.24, 2.45) is 10.4 Å². The van der Waals surface area contributed by atoms with Gasteiger partial charge in [0, 0.05) is 37.2 Å². The van der Waals surface area contributed by atoms with Crippen LogP contribution in [0, 0.1) is 5.41 Å². The monoisotopic (exact) mass is 357 g/mol. The van der Waals surface area contributed by atoms with Crippen LogP contribution in [0.1, 0.15) is 12.5 Å². The predicted molar refractivity (Wildman–Crippen MR) is 86.3 cm³/mol. The Morgan fingerprint density at radius 2 is 2.00 bits per heavy atom. The molecule has 0 aliphatic carbocycles. The zero-order valence-electron chi connectivity index (χ0n) is 14.1. The van der Waals surface area contributed by atoms with Gasteiger partial charge in [0.05, 0.1) is 13.2 Å². The Bertz CT molecular complexity index is 651. The van der Waals surface area contributed by atoms with Crippen molar-refractivity contribution in [1.29, 1.82) is 0 Å². The molecule has 0 unspecified atom stereocenters. The van der Waals surface area contributed by atoms with Crippen molar-refractivity contribution in [2.45, 2.75) is 20.1 Å². The largest absolute Gasteiger partial charge is 0.454 e. The molecule has 0 radical (unpaired) electrons. The number of rotatable bonds is 6. The summed E-state index contributed by atoms with van der Waals surface area (Å²) in [5.41, 5.74) is 0.603. The van der Waals surface area contributed by atoms with E-state index in [4.69, 9.17) is 14.2 Å². The van der Waals surface area contributed by atoms with Gasteiger partial charge in [0.25, 0.3) is 0 Å². The van der Waals surface area contributed by atoms with E-state index >= 15 is 0 Å². The Hall–Kier alpha value is -2.29. The smallest absolute Gasteiger partial charge is 0.387 e. The van der Waals surface area contributed by atoms with E-state index in [-0.39, 0.29) is 24.5 Å². The van der Waals surface area contributed by atoms with Crippen molar-refractivity contribution in [3.63, 3.8) is 0 Å². The Morgan fingerprint density at radius 1 is 1.28 bits per heavy atom. The number of halogens is 2. The van der Waals surface area contributed by atoms with E-state index in [1.165, 1.54) is 6.07 Å². The number of guanidine groups is 1. The molecular formula is C16H21F2N3O4. The van der Waals surface area contributed by atoms with Crippen molar-refractivity contribution in [3.8, 4) is 17.2 Å². The maximum atomic E-state index is 12.7. The Kier molecular flexibility index (Phi) is 5.12. The fraction of sp³-hybridized carbons (Fsp3) is 0.562. The Labute approximate surface area is 144 Å². The summed E-state index contributed by atoms with van der Waals surface area (Å²) in [7, 11) is 1.64. The van der Waals surface area contributed by atoms with Crippen LogP contribution >= 0.6 is 0 Å². The minimum absolute atomic E-state index is 0.0431. The number of nitrogens with one attached hydrogen (secondary N) is 2. The molecule has 9 heteroatoms. The van der Waals surface area contributed by atoms with Crippen molar-refractivity contribution in [1.82, 2.24) is 10.6 Å². The lowest BCUT2D eigenvalue weighted by Gasteiger charge is -2.38. The summed E-state index contributed by atoms with van der Waals surface area (Å²) in [5.74, 6) is 1.50. The number of nitrogens with zero attached hydrogens (tertiary/aromatic N) is 1. The third-order valence-electron chi connectivity index (χ3n) is 4.03. The van der Waals surface area contributed by atoms with Gasteiger partial charge in [0.1, 0.15) is 5.75 Å². The third-order valence-corrected chi connectivity index (χ3v) is 4.03. The number of fused-ring (bicyclic) bond motifs is 1. The van der Waals surface area contributed by atoms with Crippen LogP contribution in [0.2, 0.25) is 0 Å². The molecule has 1 aromatic carbocycles. The van der Waals surface area contributed by atoms with Crippen molar-refractivity contribution in [3.05, 3.63) is 17.7 Å². The molecule has 7 nitrogen and oxygen atoms in total. The molecule has 1 saturated heterocycles. The number of hydrogen-bond donors (Lipinski definition) is 2. The summed E-state index contributed by atoms with van der Waals surface area (Å²) in [6.07, 6.45) is 0. The molecule has 0 bridgehead atoms. The van der Waals surface area contributed by atoms with Gasteiger partial charge in [-0.15, -0.1) is 0 Å². The summed E-state index contributed by atoms with van der Waals surface area (Å²) in [4.78, 5) is 4.14. The number of ether oxygens (including phenoxy) is 4. The molecule has 0 amide bonds. The second-order valence-corrected chi connectivity index (χ2v) is 6.27. The first-order valence-corrected chi connectivity index (χ1v) is 7.89. The standard InChI is InChI=1S/C16H21F2N3O4/c1-16(7-22-8-16)6-21-15(19-2)20-5-10-3-12-13(24-9-23-12)4-11(10)25-14(17)18/h3-4,14H,5-9H2,1-2H3,(H2,19,20,21). The second-order valence-electron chi connectivity index (χ2n) is 6.27. The number of alkyl halides is 2. The second kappa shape index (κ2) is 7.30. The minimum atomic E-state index is -2.92. The van der Waals surface area contributed by atoms with Crippen LogP contribution in [-0.2, 0) is 11.3 Å². The summed E-state index contributed by atoms with van der Waals surface area (Å²) >= 11 is 0. The quantitative estimate of drug-likeness (QED) is 0.597. The van der Waals surface area contributed by atoms with Crippen molar-refractivity contribution in [2.75, 3.05) is 33.6 Å². The van der Waals surface area contributed by atoms with Gasteiger partial charge < -0.3 is 29.6 Å². The van der Waals surface area contributed by atoms with Gasteiger partial charge in [-0.3, -0.25) is 4.99 Å². The van der Waals surface area contributed by atoms with E-state index in [2.05, 4.69) is 27.3 Å². The van der Waals surface area contributed by atoms with Crippen LogP contribution in [0.15, 0.2) is 17.1 Å². The number of benzene rings is 1. The zero-order chi connectivity index (χ0) is 17.9. The zero-order valence-corrected chi connectivity index (χ0v) is 14.1. The van der Waals surface area contributed by atoms with Gasteiger partial charge >= 0.3 is 6.61 Å². The molecule has 0 spiro atoms. The first-order valence-electron chi connectivity index (χ1n) is 7.89. The molecule has 2 N–H and O–H groups in total. The van der Waals surface area contributed by atoms with Crippen LogP contribution < -0.4 is 24.8 Å². The fourth-order valence-electron chi connectivity index (χ4n) is 2.56. The van der Waals surface area contributed by atoms with E-state index < -0.39 is 6.61 Å². The third kappa shape index (κ3) is 4.22. The lowest BCUT2D eigenvalue weighted by molar-refractivity contribution is -0.0971. The maximum Gasteiger partial charge on any atom is 0.387 e. The average Bonchev–Trinajstić information content (AvgIpc) is 2.99. The maximum absolute atomic E-state index is 12.7. The SMILES string of the molecule is CN=C(NCc1cc2c(cc1OC(F)F)OCO2)NCC1(C)COC1. The molecule has 2 aliphatic heterocycles. The molecule has 2 heterocycles. The van der Waals surface area contributed by atoms with Crippen LogP contribution in [0.5, 0.6) is 17.2 Å². The highest BCUT2D eigenvalue weighted by atomic mass is 19.3. The molecule has 138 valence electrons. The number of hydrogen-bond acceptors (Lipinski definition) is 5. The van der Waals surface area contributed by atoms with Crippen LogP contribution in [-0.4, -0.2) is 46.2 Å². The lowest BCUT2D eigenvalue weighted by Crippen LogP contribution is -2.50. The van der Waals surface area contributed by atoms with Crippen molar-refractivity contribution < 1.29 is 27.7 Å². The minimum Gasteiger partial charge on any atom is -0.454 e.